The van der Waals surface area contributed by atoms with Crippen LogP contribution in [0.25, 0.3) is 0 Å². The summed E-state index contributed by atoms with van der Waals surface area (Å²) < 4.78 is 5.29. The second-order valence-electron chi connectivity index (χ2n) is 5.79. The molecule has 2 aromatic rings. The van der Waals surface area contributed by atoms with Gasteiger partial charge in [-0.25, -0.2) is 5.43 Å². The number of ether oxygens (including phenoxy) is 1. The number of hydrogen-bond acceptors (Lipinski definition) is 5. The summed E-state index contributed by atoms with van der Waals surface area (Å²) in [6, 6.07) is 12.8. The molecule has 0 aliphatic carbocycles. The van der Waals surface area contributed by atoms with Gasteiger partial charge in [0.15, 0.2) is 6.61 Å². The van der Waals surface area contributed by atoms with E-state index in [-0.39, 0.29) is 18.9 Å². The van der Waals surface area contributed by atoms with E-state index in [9.17, 15) is 14.4 Å². The fraction of sp³-hybridized carbons (Fsp3) is 0.158. The number of carbonyl (C=O) groups excluding carboxylic acids is 3. The topological polar surface area (TPSA) is 123 Å². The second-order valence-corrected chi connectivity index (χ2v) is 6.23. The van der Waals surface area contributed by atoms with Gasteiger partial charge in [-0.3, -0.25) is 14.4 Å². The molecule has 0 bridgehead atoms. The predicted octanol–water partition coefficient (Wildman–Crippen LogP) is 2.34. The molecule has 0 saturated carbocycles. The minimum atomic E-state index is -0.545. The third kappa shape index (κ3) is 7.08. The first-order chi connectivity index (χ1) is 13.3. The smallest absolute Gasteiger partial charge is 0.277 e. The third-order valence-corrected chi connectivity index (χ3v) is 3.68. The lowest BCUT2D eigenvalue weighted by molar-refractivity contribution is -0.123. The maximum absolute atomic E-state index is 12.0. The number of nitrogens with zero attached hydrogens (tertiary/aromatic N) is 1. The van der Waals surface area contributed by atoms with Gasteiger partial charge in [0.2, 0.25) is 11.8 Å². The maximum atomic E-state index is 12.0. The number of anilines is 1. The average Bonchev–Trinajstić information content (AvgIpc) is 2.66. The Morgan fingerprint density at radius 2 is 1.68 bits per heavy atom. The number of hydrazone groups is 1. The standard InChI is InChI=1S/C19H19ClN4O4/c1-12(10-17(25)22-15-6-2-13(3-7-15)19(21)27)23-24-18(26)11-28-16-8-4-14(20)5-9-16/h2-9H,10-11H2,1H3,(H2,21,27)(H,22,25)(H,24,26). The highest BCUT2D eigenvalue weighted by Crippen LogP contribution is 2.15. The molecule has 0 radical (unpaired) electrons. The first-order valence-electron chi connectivity index (χ1n) is 8.23. The molecule has 28 heavy (non-hydrogen) atoms. The molecule has 0 aromatic heterocycles. The van der Waals surface area contributed by atoms with Crippen LogP contribution in [-0.2, 0) is 9.59 Å². The minimum Gasteiger partial charge on any atom is -0.484 e. The zero-order valence-electron chi connectivity index (χ0n) is 15.1. The van der Waals surface area contributed by atoms with E-state index >= 15 is 0 Å². The summed E-state index contributed by atoms with van der Waals surface area (Å²) in [5, 5.41) is 7.09. The van der Waals surface area contributed by atoms with Gasteiger partial charge in [0.1, 0.15) is 5.75 Å². The van der Waals surface area contributed by atoms with E-state index in [2.05, 4.69) is 15.8 Å². The summed E-state index contributed by atoms with van der Waals surface area (Å²) in [4.78, 5) is 34.8. The summed E-state index contributed by atoms with van der Waals surface area (Å²) in [6.45, 7) is 1.38. The van der Waals surface area contributed by atoms with Gasteiger partial charge in [0.05, 0.1) is 6.42 Å². The SMILES string of the molecule is CC(CC(=O)Nc1ccc(C(N)=O)cc1)=NNC(=O)COc1ccc(Cl)cc1. The molecule has 2 rings (SSSR count). The molecule has 0 saturated heterocycles. The monoisotopic (exact) mass is 402 g/mol. The molecule has 3 amide bonds. The molecule has 0 heterocycles. The Hall–Kier alpha value is -3.39. The van der Waals surface area contributed by atoms with Gasteiger partial charge in [0, 0.05) is 22.0 Å². The highest BCUT2D eigenvalue weighted by atomic mass is 35.5. The lowest BCUT2D eigenvalue weighted by Gasteiger charge is -2.07. The van der Waals surface area contributed by atoms with Crippen LogP contribution < -0.4 is 21.2 Å². The van der Waals surface area contributed by atoms with Gasteiger partial charge in [0.25, 0.3) is 5.91 Å². The first kappa shape index (κ1) is 20.9. The number of nitrogens with two attached hydrogens (primary N) is 1. The number of primary amides is 1. The summed E-state index contributed by atoms with van der Waals surface area (Å²) in [7, 11) is 0. The van der Waals surface area contributed by atoms with Crippen molar-refractivity contribution in [2.24, 2.45) is 10.8 Å². The van der Waals surface area contributed by atoms with Crippen LogP contribution in [0.4, 0.5) is 5.69 Å². The predicted molar refractivity (Wildman–Crippen MR) is 106 cm³/mol. The van der Waals surface area contributed by atoms with Crippen molar-refractivity contribution in [1.82, 2.24) is 5.43 Å². The Morgan fingerprint density at radius 1 is 1.04 bits per heavy atom. The minimum absolute atomic E-state index is 0.0180. The fourth-order valence-electron chi connectivity index (χ4n) is 2.06. The Bertz CT molecular complexity index is 880. The van der Waals surface area contributed by atoms with Gasteiger partial charge < -0.3 is 15.8 Å². The first-order valence-corrected chi connectivity index (χ1v) is 8.61. The Kier molecular flexibility index (Phi) is 7.53. The van der Waals surface area contributed by atoms with E-state index < -0.39 is 11.8 Å². The van der Waals surface area contributed by atoms with E-state index in [0.29, 0.717) is 27.7 Å². The van der Waals surface area contributed by atoms with Crippen molar-refractivity contribution < 1.29 is 19.1 Å². The lowest BCUT2D eigenvalue weighted by Crippen LogP contribution is -2.26. The summed E-state index contributed by atoms with van der Waals surface area (Å²) in [5.74, 6) is -0.824. The third-order valence-electron chi connectivity index (χ3n) is 3.42. The number of rotatable bonds is 8. The quantitative estimate of drug-likeness (QED) is 0.463. The maximum Gasteiger partial charge on any atom is 0.277 e. The Labute approximate surface area is 166 Å². The molecular weight excluding hydrogens is 384 g/mol. The van der Waals surface area contributed by atoms with Crippen molar-refractivity contribution in [3.8, 4) is 5.75 Å². The molecule has 2 aromatic carbocycles. The van der Waals surface area contributed by atoms with Crippen molar-refractivity contribution in [2.45, 2.75) is 13.3 Å². The van der Waals surface area contributed by atoms with Crippen LogP contribution in [0.3, 0.4) is 0 Å². The fourth-order valence-corrected chi connectivity index (χ4v) is 2.19. The second kappa shape index (κ2) is 10.1. The van der Waals surface area contributed by atoms with E-state index in [1.807, 2.05) is 0 Å². The molecule has 0 fully saturated rings. The van der Waals surface area contributed by atoms with Crippen LogP contribution in [0.2, 0.25) is 5.02 Å². The number of halogens is 1. The summed E-state index contributed by atoms with van der Waals surface area (Å²) in [5.41, 5.74) is 8.75. The number of nitrogens with one attached hydrogen (secondary N) is 2. The van der Waals surface area contributed by atoms with Gasteiger partial charge in [-0.05, 0) is 55.5 Å². The van der Waals surface area contributed by atoms with Crippen LogP contribution in [0.15, 0.2) is 53.6 Å². The van der Waals surface area contributed by atoms with Crippen LogP contribution in [0.1, 0.15) is 23.7 Å². The lowest BCUT2D eigenvalue weighted by atomic mass is 10.2. The molecule has 146 valence electrons. The van der Waals surface area contributed by atoms with Crippen LogP contribution >= 0.6 is 11.6 Å². The molecule has 0 atom stereocenters. The zero-order chi connectivity index (χ0) is 20.5. The van der Waals surface area contributed by atoms with E-state index in [1.165, 1.54) is 12.1 Å². The number of benzene rings is 2. The van der Waals surface area contributed by atoms with E-state index in [0.717, 1.165) is 0 Å². The highest BCUT2D eigenvalue weighted by Gasteiger charge is 2.07. The largest absolute Gasteiger partial charge is 0.484 e. The van der Waals surface area contributed by atoms with Gasteiger partial charge in [-0.1, -0.05) is 11.6 Å². The number of hydrogen-bond donors (Lipinski definition) is 3. The number of carbonyl (C=O) groups is 3. The van der Waals surface area contributed by atoms with Crippen LogP contribution in [0, 0.1) is 0 Å². The normalized spacial score (nSPS) is 10.9. The van der Waals surface area contributed by atoms with E-state index in [1.54, 1.807) is 43.3 Å². The van der Waals surface area contributed by atoms with Crippen LogP contribution in [0.5, 0.6) is 5.75 Å². The molecular formula is C19H19ClN4O4. The Morgan fingerprint density at radius 3 is 2.29 bits per heavy atom. The molecule has 4 N–H and O–H groups in total. The Balaban J connectivity index is 1.76. The summed E-state index contributed by atoms with van der Waals surface area (Å²) >= 11 is 5.77. The molecule has 8 nitrogen and oxygen atoms in total. The molecule has 0 unspecified atom stereocenters. The van der Waals surface area contributed by atoms with Crippen molar-refractivity contribution in [3.05, 3.63) is 59.1 Å². The van der Waals surface area contributed by atoms with Crippen LogP contribution in [-0.4, -0.2) is 30.0 Å². The number of amides is 3. The zero-order valence-corrected chi connectivity index (χ0v) is 15.8. The molecule has 9 heteroatoms. The van der Waals surface area contributed by atoms with Crippen molar-refractivity contribution in [1.29, 1.82) is 0 Å². The van der Waals surface area contributed by atoms with Gasteiger partial charge >= 0.3 is 0 Å². The van der Waals surface area contributed by atoms with E-state index in [4.69, 9.17) is 22.1 Å². The summed E-state index contributed by atoms with van der Waals surface area (Å²) in [6.07, 6.45) is -0.0180. The van der Waals surface area contributed by atoms with Crippen molar-refractivity contribution in [2.75, 3.05) is 11.9 Å². The molecule has 0 aliphatic rings. The van der Waals surface area contributed by atoms with Gasteiger partial charge in [-0.15, -0.1) is 0 Å². The van der Waals surface area contributed by atoms with Crippen molar-refractivity contribution in [3.63, 3.8) is 0 Å². The molecule has 0 aliphatic heterocycles. The highest BCUT2D eigenvalue weighted by molar-refractivity contribution is 6.30. The molecule has 0 spiro atoms. The van der Waals surface area contributed by atoms with Gasteiger partial charge in [-0.2, -0.15) is 5.10 Å². The average molecular weight is 403 g/mol. The van der Waals surface area contributed by atoms with Crippen molar-refractivity contribution >= 4 is 40.7 Å².